The number of carbonyl (C=O) groups is 2. The number of rotatable bonds is 6. The Hall–Kier alpha value is -1.06. The van der Waals surface area contributed by atoms with E-state index in [1.54, 1.807) is 6.92 Å². The maximum absolute atomic E-state index is 12.1. The summed E-state index contributed by atoms with van der Waals surface area (Å²) in [5.41, 5.74) is -1.39. The van der Waals surface area contributed by atoms with Gasteiger partial charge >= 0.3 is 5.97 Å². The van der Waals surface area contributed by atoms with Gasteiger partial charge in [0.15, 0.2) is 0 Å². The Morgan fingerprint density at radius 3 is 2.06 bits per heavy atom. The lowest BCUT2D eigenvalue weighted by Gasteiger charge is -2.32. The molecule has 0 aliphatic carbocycles. The van der Waals surface area contributed by atoms with Crippen LogP contribution in [0.2, 0.25) is 0 Å². The molecule has 1 atom stereocenters. The fourth-order valence-corrected chi connectivity index (χ4v) is 1.52. The predicted octanol–water partition coefficient (Wildman–Crippen LogP) is 2.27. The average Bonchev–Trinajstić information content (AvgIpc) is 2.27. The van der Waals surface area contributed by atoms with E-state index in [0.29, 0.717) is 6.42 Å². The highest BCUT2D eigenvalue weighted by Gasteiger charge is 2.38. The number of carbonyl (C=O) groups excluding carboxylic acids is 2. The second-order valence-corrected chi connectivity index (χ2v) is 5.27. The van der Waals surface area contributed by atoms with Gasteiger partial charge in [-0.3, -0.25) is 4.79 Å². The summed E-state index contributed by atoms with van der Waals surface area (Å²) in [5, 5.41) is 2.82. The first-order valence-electron chi connectivity index (χ1n) is 6.14. The highest BCUT2D eigenvalue weighted by Crippen LogP contribution is 2.23. The van der Waals surface area contributed by atoms with Gasteiger partial charge in [0.2, 0.25) is 5.91 Å². The second-order valence-electron chi connectivity index (χ2n) is 5.27. The molecule has 0 aromatic heterocycles. The number of ether oxygens (including phenoxy) is 1. The van der Waals surface area contributed by atoms with Crippen LogP contribution in [0.25, 0.3) is 0 Å². The molecule has 0 radical (unpaired) electrons. The third-order valence-corrected chi connectivity index (χ3v) is 3.27. The molecule has 100 valence electrons. The van der Waals surface area contributed by atoms with Crippen molar-refractivity contribution >= 4 is 11.9 Å². The molecule has 1 N–H and O–H groups in total. The first-order chi connectivity index (χ1) is 7.73. The standard InChI is InChI=1S/C13H25NO3/c1-7-9-13(5,11(16)17-6)14-10(15)12(3,4)8-2/h7-9H2,1-6H3,(H,14,15). The van der Waals surface area contributed by atoms with Gasteiger partial charge in [-0.2, -0.15) is 0 Å². The van der Waals surface area contributed by atoms with Crippen molar-refractivity contribution in [2.75, 3.05) is 7.11 Å². The van der Waals surface area contributed by atoms with Crippen molar-refractivity contribution in [3.63, 3.8) is 0 Å². The van der Waals surface area contributed by atoms with E-state index in [-0.39, 0.29) is 11.9 Å². The Labute approximate surface area is 104 Å². The third-order valence-electron chi connectivity index (χ3n) is 3.27. The molecular weight excluding hydrogens is 218 g/mol. The van der Waals surface area contributed by atoms with Gasteiger partial charge in [-0.05, 0) is 19.8 Å². The summed E-state index contributed by atoms with van der Waals surface area (Å²) < 4.78 is 4.76. The highest BCUT2D eigenvalue weighted by atomic mass is 16.5. The lowest BCUT2D eigenvalue weighted by molar-refractivity contribution is -0.152. The minimum atomic E-state index is -0.924. The molecule has 0 rings (SSSR count). The van der Waals surface area contributed by atoms with E-state index in [1.807, 2.05) is 27.7 Å². The largest absolute Gasteiger partial charge is 0.467 e. The molecule has 17 heavy (non-hydrogen) atoms. The molecule has 1 amide bonds. The molecule has 0 fully saturated rings. The average molecular weight is 243 g/mol. The van der Waals surface area contributed by atoms with E-state index in [1.165, 1.54) is 7.11 Å². The monoisotopic (exact) mass is 243 g/mol. The zero-order valence-electron chi connectivity index (χ0n) is 11.8. The molecule has 0 spiro atoms. The fourth-order valence-electron chi connectivity index (χ4n) is 1.52. The number of hydrogen-bond donors (Lipinski definition) is 1. The van der Waals surface area contributed by atoms with Gasteiger partial charge in [0.25, 0.3) is 0 Å². The number of esters is 1. The highest BCUT2D eigenvalue weighted by molar-refractivity contribution is 5.90. The van der Waals surface area contributed by atoms with E-state index in [0.717, 1.165) is 12.8 Å². The molecule has 0 heterocycles. The summed E-state index contributed by atoms with van der Waals surface area (Å²) >= 11 is 0. The van der Waals surface area contributed by atoms with Crippen molar-refractivity contribution < 1.29 is 14.3 Å². The van der Waals surface area contributed by atoms with Gasteiger partial charge in [-0.15, -0.1) is 0 Å². The van der Waals surface area contributed by atoms with Gasteiger partial charge in [0.1, 0.15) is 5.54 Å². The minimum Gasteiger partial charge on any atom is -0.467 e. The molecule has 0 aliphatic rings. The van der Waals surface area contributed by atoms with Crippen molar-refractivity contribution in [2.45, 2.75) is 59.4 Å². The van der Waals surface area contributed by atoms with Crippen molar-refractivity contribution in [3.8, 4) is 0 Å². The topological polar surface area (TPSA) is 55.4 Å². The molecule has 0 saturated heterocycles. The lowest BCUT2D eigenvalue weighted by Crippen LogP contribution is -2.55. The summed E-state index contributed by atoms with van der Waals surface area (Å²) in [6.07, 6.45) is 2.10. The van der Waals surface area contributed by atoms with Gasteiger partial charge in [0.05, 0.1) is 7.11 Å². The summed E-state index contributed by atoms with van der Waals surface area (Å²) in [7, 11) is 1.34. The first-order valence-corrected chi connectivity index (χ1v) is 6.14. The zero-order valence-corrected chi connectivity index (χ0v) is 11.8. The van der Waals surface area contributed by atoms with Crippen LogP contribution in [0.5, 0.6) is 0 Å². The normalized spacial score (nSPS) is 14.9. The first kappa shape index (κ1) is 15.9. The van der Waals surface area contributed by atoms with Crippen molar-refractivity contribution in [3.05, 3.63) is 0 Å². The number of hydrogen-bond acceptors (Lipinski definition) is 3. The number of methoxy groups -OCH3 is 1. The molecule has 4 heteroatoms. The molecule has 4 nitrogen and oxygen atoms in total. The van der Waals surface area contributed by atoms with Crippen LogP contribution in [0.1, 0.15) is 53.9 Å². The van der Waals surface area contributed by atoms with Crippen LogP contribution < -0.4 is 5.32 Å². The van der Waals surface area contributed by atoms with Gasteiger partial charge in [0, 0.05) is 5.41 Å². The van der Waals surface area contributed by atoms with Crippen molar-refractivity contribution in [1.82, 2.24) is 5.32 Å². The Morgan fingerprint density at radius 2 is 1.71 bits per heavy atom. The van der Waals surface area contributed by atoms with E-state index < -0.39 is 11.0 Å². The van der Waals surface area contributed by atoms with Crippen LogP contribution in [0.3, 0.4) is 0 Å². The maximum atomic E-state index is 12.1. The summed E-state index contributed by atoms with van der Waals surface area (Å²) in [6.45, 7) is 9.37. The Balaban J connectivity index is 4.89. The Kier molecular flexibility index (Phi) is 5.66. The van der Waals surface area contributed by atoms with E-state index in [9.17, 15) is 9.59 Å². The summed E-state index contributed by atoms with van der Waals surface area (Å²) in [4.78, 5) is 23.8. The number of amides is 1. The molecule has 0 aliphatic heterocycles. The predicted molar refractivity (Wildman–Crippen MR) is 67.5 cm³/mol. The van der Waals surface area contributed by atoms with E-state index in [4.69, 9.17) is 4.74 Å². The van der Waals surface area contributed by atoms with E-state index >= 15 is 0 Å². The smallest absolute Gasteiger partial charge is 0.331 e. The van der Waals surface area contributed by atoms with Gasteiger partial charge < -0.3 is 10.1 Å². The van der Waals surface area contributed by atoms with E-state index in [2.05, 4.69) is 5.32 Å². The summed E-state index contributed by atoms with van der Waals surface area (Å²) in [6, 6.07) is 0. The Morgan fingerprint density at radius 1 is 1.18 bits per heavy atom. The molecule has 1 unspecified atom stereocenters. The second kappa shape index (κ2) is 6.03. The van der Waals surface area contributed by atoms with Crippen LogP contribution >= 0.6 is 0 Å². The molecule has 0 aromatic rings. The SMILES string of the molecule is CCCC(C)(NC(=O)C(C)(C)CC)C(=O)OC. The lowest BCUT2D eigenvalue weighted by atomic mass is 9.86. The van der Waals surface area contributed by atoms with Crippen LogP contribution in [-0.4, -0.2) is 24.5 Å². The van der Waals surface area contributed by atoms with Gasteiger partial charge in [-0.1, -0.05) is 34.1 Å². The van der Waals surface area contributed by atoms with Gasteiger partial charge in [-0.25, -0.2) is 4.79 Å². The fraction of sp³-hybridized carbons (Fsp3) is 0.846. The third kappa shape index (κ3) is 4.02. The van der Waals surface area contributed by atoms with Crippen LogP contribution in [0.15, 0.2) is 0 Å². The zero-order chi connectivity index (χ0) is 13.7. The quantitative estimate of drug-likeness (QED) is 0.728. The minimum absolute atomic E-state index is 0.110. The molecule has 0 aromatic carbocycles. The molecular formula is C13H25NO3. The Bertz CT molecular complexity index is 286. The molecule has 0 bridgehead atoms. The van der Waals surface area contributed by atoms with Crippen molar-refractivity contribution in [2.24, 2.45) is 5.41 Å². The summed E-state index contributed by atoms with van der Waals surface area (Å²) in [5.74, 6) is -0.499. The van der Waals surface area contributed by atoms with Crippen LogP contribution in [0.4, 0.5) is 0 Å². The van der Waals surface area contributed by atoms with Crippen LogP contribution in [0, 0.1) is 5.41 Å². The molecule has 0 saturated carbocycles. The number of nitrogens with one attached hydrogen (secondary N) is 1. The van der Waals surface area contributed by atoms with Crippen molar-refractivity contribution in [1.29, 1.82) is 0 Å². The van der Waals surface area contributed by atoms with Crippen LogP contribution in [-0.2, 0) is 14.3 Å². The maximum Gasteiger partial charge on any atom is 0.331 e.